The molecule has 1 unspecified atom stereocenters. The van der Waals surface area contributed by atoms with E-state index in [9.17, 15) is 9.59 Å². The average molecular weight is 306 g/mol. The van der Waals surface area contributed by atoms with Crippen molar-refractivity contribution in [1.29, 1.82) is 0 Å². The zero-order valence-corrected chi connectivity index (χ0v) is 13.2. The van der Waals surface area contributed by atoms with E-state index in [1.54, 1.807) is 11.3 Å². The molecule has 1 spiro atoms. The van der Waals surface area contributed by atoms with Gasteiger partial charge >= 0.3 is 0 Å². The first-order valence-electron chi connectivity index (χ1n) is 7.75. The van der Waals surface area contributed by atoms with Crippen molar-refractivity contribution in [3.8, 4) is 0 Å². The summed E-state index contributed by atoms with van der Waals surface area (Å²) in [5.41, 5.74) is -0.642. The number of carbonyl (C=O) groups is 2. The van der Waals surface area contributed by atoms with Crippen molar-refractivity contribution in [3.05, 3.63) is 22.4 Å². The summed E-state index contributed by atoms with van der Waals surface area (Å²) >= 11 is 1.66. The smallest absolute Gasteiger partial charge is 0.248 e. The normalized spacial score (nSPS) is 25.8. The SMILES string of the molecule is CC1CC(=O)NC2(CCCCC2)C(=O)N1Cc1cccs1. The van der Waals surface area contributed by atoms with E-state index in [2.05, 4.69) is 11.4 Å². The number of hydrogen-bond donors (Lipinski definition) is 1. The standard InChI is InChI=1S/C16H22N2O2S/c1-12-10-14(19)17-16(7-3-2-4-8-16)15(20)18(12)11-13-6-5-9-21-13/h5-6,9,12H,2-4,7-8,10-11H2,1H3,(H,17,19). The first kappa shape index (κ1) is 14.6. The maximum atomic E-state index is 13.1. The molecule has 1 N–H and O–H groups in total. The topological polar surface area (TPSA) is 49.4 Å². The molecular formula is C16H22N2O2S. The van der Waals surface area contributed by atoms with E-state index >= 15 is 0 Å². The van der Waals surface area contributed by atoms with Crippen LogP contribution in [0.5, 0.6) is 0 Å². The molecule has 21 heavy (non-hydrogen) atoms. The molecule has 1 saturated heterocycles. The van der Waals surface area contributed by atoms with Crippen LogP contribution in [0, 0.1) is 0 Å². The van der Waals surface area contributed by atoms with Crippen LogP contribution in [0.15, 0.2) is 17.5 Å². The lowest BCUT2D eigenvalue weighted by atomic mass is 9.80. The van der Waals surface area contributed by atoms with Gasteiger partial charge in [0.15, 0.2) is 0 Å². The molecule has 1 aromatic rings. The molecule has 0 radical (unpaired) electrons. The van der Waals surface area contributed by atoms with E-state index < -0.39 is 5.54 Å². The molecule has 1 aromatic heterocycles. The Morgan fingerprint density at radius 2 is 2.10 bits per heavy atom. The van der Waals surface area contributed by atoms with Gasteiger partial charge in [-0.2, -0.15) is 0 Å². The predicted octanol–water partition coefficient (Wildman–Crippen LogP) is 2.69. The highest BCUT2D eigenvalue weighted by molar-refractivity contribution is 7.09. The van der Waals surface area contributed by atoms with Gasteiger partial charge in [0.25, 0.3) is 0 Å². The van der Waals surface area contributed by atoms with Crippen molar-refractivity contribution >= 4 is 23.2 Å². The Morgan fingerprint density at radius 1 is 1.33 bits per heavy atom. The first-order valence-corrected chi connectivity index (χ1v) is 8.63. The molecule has 1 atom stereocenters. The second-order valence-electron chi connectivity index (χ2n) is 6.26. The number of hydrogen-bond acceptors (Lipinski definition) is 3. The first-order chi connectivity index (χ1) is 10.1. The summed E-state index contributed by atoms with van der Waals surface area (Å²) < 4.78 is 0. The van der Waals surface area contributed by atoms with Gasteiger partial charge in [-0.05, 0) is 31.2 Å². The number of rotatable bonds is 2. The minimum Gasteiger partial charge on any atom is -0.342 e. The maximum absolute atomic E-state index is 13.1. The fourth-order valence-corrected chi connectivity index (χ4v) is 4.22. The van der Waals surface area contributed by atoms with Crippen molar-refractivity contribution in [1.82, 2.24) is 10.2 Å². The lowest BCUT2D eigenvalue weighted by Crippen LogP contribution is -2.58. The molecular weight excluding hydrogens is 284 g/mol. The van der Waals surface area contributed by atoms with Gasteiger partial charge in [0.1, 0.15) is 5.54 Å². The minimum absolute atomic E-state index is 0.0198. The molecule has 2 amide bonds. The van der Waals surface area contributed by atoms with E-state index in [-0.39, 0.29) is 17.9 Å². The summed E-state index contributed by atoms with van der Waals surface area (Å²) in [5, 5.41) is 5.09. The van der Waals surface area contributed by atoms with Crippen LogP contribution < -0.4 is 5.32 Å². The fraction of sp³-hybridized carbons (Fsp3) is 0.625. The highest BCUT2D eigenvalue weighted by Gasteiger charge is 2.46. The zero-order valence-electron chi connectivity index (χ0n) is 12.4. The summed E-state index contributed by atoms with van der Waals surface area (Å²) in [6.07, 6.45) is 5.17. The molecule has 1 aliphatic heterocycles. The Bertz CT molecular complexity index is 520. The number of nitrogens with zero attached hydrogens (tertiary/aromatic N) is 1. The Morgan fingerprint density at radius 3 is 2.76 bits per heavy atom. The van der Waals surface area contributed by atoms with Crippen LogP contribution in [-0.2, 0) is 16.1 Å². The Kier molecular flexibility index (Phi) is 4.02. The molecule has 4 nitrogen and oxygen atoms in total. The van der Waals surface area contributed by atoms with Gasteiger partial charge in [0, 0.05) is 17.3 Å². The number of carbonyl (C=O) groups excluding carboxylic acids is 2. The van der Waals surface area contributed by atoms with Crippen LogP contribution in [0.25, 0.3) is 0 Å². The molecule has 1 aliphatic carbocycles. The van der Waals surface area contributed by atoms with Crippen LogP contribution in [0.2, 0.25) is 0 Å². The number of amides is 2. The quantitative estimate of drug-likeness (QED) is 0.913. The van der Waals surface area contributed by atoms with Crippen LogP contribution in [0.1, 0.15) is 50.3 Å². The minimum atomic E-state index is -0.642. The van der Waals surface area contributed by atoms with Gasteiger partial charge < -0.3 is 10.2 Å². The summed E-state index contributed by atoms with van der Waals surface area (Å²) in [7, 11) is 0. The highest BCUT2D eigenvalue weighted by Crippen LogP contribution is 2.33. The van der Waals surface area contributed by atoms with E-state index in [1.165, 1.54) is 4.88 Å². The van der Waals surface area contributed by atoms with E-state index in [4.69, 9.17) is 0 Å². The third kappa shape index (κ3) is 2.84. The fourth-order valence-electron chi connectivity index (χ4n) is 3.52. The van der Waals surface area contributed by atoms with E-state index in [0.29, 0.717) is 13.0 Å². The van der Waals surface area contributed by atoms with Gasteiger partial charge in [-0.3, -0.25) is 9.59 Å². The molecule has 0 bridgehead atoms. The summed E-state index contributed by atoms with van der Waals surface area (Å²) in [6, 6.07) is 4.02. The lowest BCUT2D eigenvalue weighted by Gasteiger charge is -2.39. The summed E-state index contributed by atoms with van der Waals surface area (Å²) in [6.45, 7) is 2.60. The van der Waals surface area contributed by atoms with Gasteiger partial charge in [0.2, 0.25) is 11.8 Å². The Hall–Kier alpha value is -1.36. The van der Waals surface area contributed by atoms with Crippen LogP contribution in [0.4, 0.5) is 0 Å². The van der Waals surface area contributed by atoms with Crippen LogP contribution >= 0.6 is 11.3 Å². The summed E-state index contributed by atoms with van der Waals surface area (Å²) in [5.74, 6) is 0.139. The van der Waals surface area contributed by atoms with Crippen molar-refractivity contribution in [2.75, 3.05) is 0 Å². The molecule has 0 aromatic carbocycles. The van der Waals surface area contributed by atoms with E-state index in [1.807, 2.05) is 23.3 Å². The van der Waals surface area contributed by atoms with Crippen molar-refractivity contribution < 1.29 is 9.59 Å². The predicted molar refractivity (Wildman–Crippen MR) is 82.9 cm³/mol. The zero-order chi connectivity index (χ0) is 14.9. The van der Waals surface area contributed by atoms with Crippen molar-refractivity contribution in [2.24, 2.45) is 0 Å². The monoisotopic (exact) mass is 306 g/mol. The molecule has 5 heteroatoms. The largest absolute Gasteiger partial charge is 0.342 e. The summed E-state index contributed by atoms with van der Waals surface area (Å²) in [4.78, 5) is 28.4. The molecule has 2 heterocycles. The second-order valence-corrected chi connectivity index (χ2v) is 7.29. The molecule has 2 fully saturated rings. The number of nitrogens with one attached hydrogen (secondary N) is 1. The van der Waals surface area contributed by atoms with Gasteiger partial charge in [0.05, 0.1) is 6.54 Å². The van der Waals surface area contributed by atoms with E-state index in [0.717, 1.165) is 32.1 Å². The van der Waals surface area contributed by atoms with Gasteiger partial charge in [-0.25, -0.2) is 0 Å². The average Bonchev–Trinajstić information content (AvgIpc) is 2.95. The third-order valence-electron chi connectivity index (χ3n) is 4.68. The van der Waals surface area contributed by atoms with Gasteiger partial charge in [-0.15, -0.1) is 11.3 Å². The van der Waals surface area contributed by atoms with Gasteiger partial charge in [-0.1, -0.05) is 25.3 Å². The second kappa shape index (κ2) is 5.79. The van der Waals surface area contributed by atoms with Crippen LogP contribution in [-0.4, -0.2) is 28.3 Å². The Labute approximate surface area is 129 Å². The van der Waals surface area contributed by atoms with Crippen molar-refractivity contribution in [3.63, 3.8) is 0 Å². The molecule has 3 rings (SSSR count). The van der Waals surface area contributed by atoms with Crippen molar-refractivity contribution in [2.45, 2.75) is 63.6 Å². The Balaban J connectivity index is 1.89. The number of thiophene rings is 1. The molecule has 2 aliphatic rings. The maximum Gasteiger partial charge on any atom is 0.248 e. The molecule has 114 valence electrons. The van der Waals surface area contributed by atoms with Crippen LogP contribution in [0.3, 0.4) is 0 Å². The highest BCUT2D eigenvalue weighted by atomic mass is 32.1. The lowest BCUT2D eigenvalue weighted by molar-refractivity contribution is -0.142. The molecule has 1 saturated carbocycles. The third-order valence-corrected chi connectivity index (χ3v) is 5.54.